The fraction of sp³-hybridized carbons (Fsp3) is 0.364. The van der Waals surface area contributed by atoms with Crippen molar-refractivity contribution in [2.45, 2.75) is 12.4 Å². The minimum absolute atomic E-state index is 0.0790. The van der Waals surface area contributed by atoms with Crippen molar-refractivity contribution in [2.24, 2.45) is 5.73 Å². The third kappa shape index (κ3) is 2.77. The van der Waals surface area contributed by atoms with Crippen molar-refractivity contribution in [2.75, 3.05) is 13.2 Å². The largest absolute Gasteiger partial charge is 0.370 e. The number of aromatic nitrogens is 3. The number of hydrogen-bond donors (Lipinski definition) is 1. The molecular formula is C11H13ClN4O2. The first-order valence-electron chi connectivity index (χ1n) is 5.43. The normalized spacial score (nSPS) is 10.9. The standard InChI is InChI=1S/C11H13ClN4O2/c12-5-11-15-8-6-14-2-1-9(8)16(11)3-4-18-7-10(13)17/h1-2,6H,3-5,7H2,(H2,13,17). The van der Waals surface area contributed by atoms with Crippen LogP contribution in [0, 0.1) is 0 Å². The SMILES string of the molecule is NC(=O)COCCn1c(CCl)nc2cnccc21. The molecule has 0 radical (unpaired) electrons. The Morgan fingerprint density at radius 1 is 1.56 bits per heavy atom. The molecule has 2 N–H and O–H groups in total. The Morgan fingerprint density at radius 2 is 2.39 bits per heavy atom. The van der Waals surface area contributed by atoms with Crippen molar-refractivity contribution in [1.82, 2.24) is 14.5 Å². The molecule has 96 valence electrons. The smallest absolute Gasteiger partial charge is 0.243 e. The fourth-order valence-electron chi connectivity index (χ4n) is 1.71. The van der Waals surface area contributed by atoms with Crippen molar-refractivity contribution in [1.29, 1.82) is 0 Å². The summed E-state index contributed by atoms with van der Waals surface area (Å²) in [4.78, 5) is 18.9. The second kappa shape index (κ2) is 5.79. The van der Waals surface area contributed by atoms with E-state index in [0.29, 0.717) is 19.0 Å². The van der Waals surface area contributed by atoms with Gasteiger partial charge >= 0.3 is 0 Å². The van der Waals surface area contributed by atoms with Gasteiger partial charge in [0, 0.05) is 12.7 Å². The van der Waals surface area contributed by atoms with Gasteiger partial charge in [-0.25, -0.2) is 4.98 Å². The lowest BCUT2D eigenvalue weighted by molar-refractivity contribution is -0.122. The lowest BCUT2D eigenvalue weighted by atomic mass is 10.4. The average molecular weight is 269 g/mol. The third-order valence-corrected chi connectivity index (χ3v) is 2.69. The van der Waals surface area contributed by atoms with Gasteiger partial charge in [0.2, 0.25) is 5.91 Å². The predicted octanol–water partition coefficient (Wildman–Crippen LogP) is 0.672. The Bertz CT molecular complexity index is 555. The van der Waals surface area contributed by atoms with E-state index >= 15 is 0 Å². The molecule has 0 bridgehead atoms. The summed E-state index contributed by atoms with van der Waals surface area (Å²) in [6.07, 6.45) is 3.38. The van der Waals surface area contributed by atoms with Crippen LogP contribution in [0.15, 0.2) is 18.5 Å². The molecule has 2 rings (SSSR count). The number of nitrogens with zero attached hydrogens (tertiary/aromatic N) is 3. The number of rotatable bonds is 6. The van der Waals surface area contributed by atoms with E-state index in [2.05, 4.69) is 9.97 Å². The van der Waals surface area contributed by atoms with Gasteiger partial charge in [-0.2, -0.15) is 0 Å². The number of fused-ring (bicyclic) bond motifs is 1. The molecule has 0 aliphatic rings. The molecule has 0 spiro atoms. The Morgan fingerprint density at radius 3 is 3.11 bits per heavy atom. The maximum absolute atomic E-state index is 10.5. The molecule has 0 fully saturated rings. The lowest BCUT2D eigenvalue weighted by Crippen LogP contribution is -2.20. The number of hydrogen-bond acceptors (Lipinski definition) is 4. The van der Waals surface area contributed by atoms with E-state index in [4.69, 9.17) is 22.1 Å². The first kappa shape index (κ1) is 12.8. The zero-order valence-electron chi connectivity index (χ0n) is 9.67. The highest BCUT2D eigenvalue weighted by Crippen LogP contribution is 2.16. The molecule has 0 unspecified atom stereocenters. The van der Waals surface area contributed by atoms with E-state index < -0.39 is 5.91 Å². The van der Waals surface area contributed by atoms with Crippen LogP contribution in [-0.4, -0.2) is 33.7 Å². The van der Waals surface area contributed by atoms with E-state index in [9.17, 15) is 4.79 Å². The van der Waals surface area contributed by atoms with Crippen LogP contribution in [0.5, 0.6) is 0 Å². The van der Waals surface area contributed by atoms with Gasteiger partial charge in [-0.05, 0) is 6.07 Å². The van der Waals surface area contributed by atoms with Crippen LogP contribution in [0.25, 0.3) is 11.0 Å². The van der Waals surface area contributed by atoms with Crippen LogP contribution < -0.4 is 5.73 Å². The predicted molar refractivity (Wildman–Crippen MR) is 67.1 cm³/mol. The quantitative estimate of drug-likeness (QED) is 0.617. The Balaban J connectivity index is 2.13. The summed E-state index contributed by atoms with van der Waals surface area (Å²) < 4.78 is 7.08. The van der Waals surface area contributed by atoms with Crippen molar-refractivity contribution in [3.63, 3.8) is 0 Å². The first-order chi connectivity index (χ1) is 8.72. The zero-order chi connectivity index (χ0) is 13.0. The maximum atomic E-state index is 10.5. The maximum Gasteiger partial charge on any atom is 0.243 e. The molecule has 2 aromatic heterocycles. The van der Waals surface area contributed by atoms with Gasteiger partial charge in [0.25, 0.3) is 0 Å². The molecule has 2 heterocycles. The summed E-state index contributed by atoms with van der Waals surface area (Å²) in [5.41, 5.74) is 6.73. The Hall–Kier alpha value is -1.66. The zero-order valence-corrected chi connectivity index (χ0v) is 10.4. The lowest BCUT2D eigenvalue weighted by Gasteiger charge is -2.07. The van der Waals surface area contributed by atoms with E-state index in [1.165, 1.54) is 0 Å². The molecule has 7 heteroatoms. The van der Waals surface area contributed by atoms with E-state index in [1.54, 1.807) is 12.4 Å². The molecule has 0 saturated carbocycles. The van der Waals surface area contributed by atoms with Gasteiger partial charge < -0.3 is 15.0 Å². The van der Waals surface area contributed by atoms with Crippen LogP contribution >= 0.6 is 11.6 Å². The fourth-order valence-corrected chi connectivity index (χ4v) is 1.92. The van der Waals surface area contributed by atoms with Crippen LogP contribution in [0.1, 0.15) is 5.82 Å². The second-order valence-electron chi connectivity index (χ2n) is 3.70. The average Bonchev–Trinajstić information content (AvgIpc) is 2.72. The molecule has 18 heavy (non-hydrogen) atoms. The monoisotopic (exact) mass is 268 g/mol. The molecule has 1 amide bonds. The number of amides is 1. The van der Waals surface area contributed by atoms with E-state index in [-0.39, 0.29) is 6.61 Å². The number of pyridine rings is 1. The van der Waals surface area contributed by atoms with E-state index in [0.717, 1.165) is 16.9 Å². The highest BCUT2D eigenvalue weighted by atomic mass is 35.5. The first-order valence-corrected chi connectivity index (χ1v) is 5.97. The molecule has 0 aliphatic heterocycles. The topological polar surface area (TPSA) is 83.0 Å². The number of nitrogens with two attached hydrogens (primary N) is 1. The Kier molecular flexibility index (Phi) is 4.11. The molecule has 2 aromatic rings. The van der Waals surface area contributed by atoms with Gasteiger partial charge in [-0.15, -0.1) is 11.6 Å². The van der Waals surface area contributed by atoms with Gasteiger partial charge in [-0.3, -0.25) is 9.78 Å². The number of carbonyl (C=O) groups is 1. The summed E-state index contributed by atoms with van der Waals surface area (Å²) in [5, 5.41) is 0. The van der Waals surface area contributed by atoms with E-state index in [1.807, 2.05) is 10.6 Å². The summed E-state index contributed by atoms with van der Waals surface area (Å²) in [6, 6.07) is 1.87. The summed E-state index contributed by atoms with van der Waals surface area (Å²) in [6.45, 7) is 0.862. The summed E-state index contributed by atoms with van der Waals surface area (Å²) in [5.74, 6) is 0.583. The van der Waals surface area contributed by atoms with Crippen molar-refractivity contribution in [3.05, 3.63) is 24.3 Å². The van der Waals surface area contributed by atoms with Gasteiger partial charge in [0.05, 0.1) is 24.2 Å². The number of ether oxygens (including phenoxy) is 1. The molecule has 0 atom stereocenters. The van der Waals surface area contributed by atoms with Crippen molar-refractivity contribution in [3.8, 4) is 0 Å². The summed E-state index contributed by atoms with van der Waals surface area (Å²) in [7, 11) is 0. The van der Waals surface area contributed by atoms with Gasteiger partial charge in [0.15, 0.2) is 0 Å². The van der Waals surface area contributed by atoms with Crippen LogP contribution in [0.4, 0.5) is 0 Å². The number of carbonyl (C=O) groups excluding carboxylic acids is 1. The number of imidazole rings is 1. The van der Waals surface area contributed by atoms with Crippen LogP contribution in [0.3, 0.4) is 0 Å². The second-order valence-corrected chi connectivity index (χ2v) is 3.96. The van der Waals surface area contributed by atoms with Crippen molar-refractivity contribution >= 4 is 28.5 Å². The Labute approximate surface area is 109 Å². The molecule has 0 saturated heterocycles. The highest BCUT2D eigenvalue weighted by Gasteiger charge is 2.09. The molecule has 6 nitrogen and oxygen atoms in total. The number of alkyl halides is 1. The van der Waals surface area contributed by atoms with Crippen molar-refractivity contribution < 1.29 is 9.53 Å². The summed E-state index contributed by atoms with van der Waals surface area (Å²) >= 11 is 5.85. The van der Waals surface area contributed by atoms with Crippen LogP contribution in [0.2, 0.25) is 0 Å². The number of primary amides is 1. The van der Waals surface area contributed by atoms with Gasteiger partial charge in [-0.1, -0.05) is 0 Å². The minimum atomic E-state index is -0.479. The van der Waals surface area contributed by atoms with Crippen LogP contribution in [-0.2, 0) is 22.0 Å². The number of halogens is 1. The van der Waals surface area contributed by atoms with Gasteiger partial charge in [0.1, 0.15) is 17.9 Å². The molecule has 0 aliphatic carbocycles. The highest BCUT2D eigenvalue weighted by molar-refractivity contribution is 6.16. The minimum Gasteiger partial charge on any atom is -0.370 e. The molecule has 0 aromatic carbocycles. The third-order valence-electron chi connectivity index (χ3n) is 2.45. The molecular weight excluding hydrogens is 256 g/mol.